The summed E-state index contributed by atoms with van der Waals surface area (Å²) in [7, 11) is 0. The van der Waals surface area contributed by atoms with Crippen molar-refractivity contribution in [2.75, 3.05) is 19.6 Å². The van der Waals surface area contributed by atoms with Gasteiger partial charge in [-0.3, -0.25) is 9.59 Å². The average molecular weight is 445 g/mol. The van der Waals surface area contributed by atoms with Gasteiger partial charge in [-0.05, 0) is 44.4 Å². The molecule has 0 radical (unpaired) electrons. The third-order valence-corrected chi connectivity index (χ3v) is 7.58. The minimum Gasteiger partial charge on any atom is -0.423 e. The summed E-state index contributed by atoms with van der Waals surface area (Å²) in [4.78, 5) is 29.5. The number of rotatable bonds is 5. The molecule has 1 atom stereocenters. The van der Waals surface area contributed by atoms with Crippen LogP contribution in [-0.4, -0.2) is 51.4 Å². The highest BCUT2D eigenvalue weighted by atomic mass is 16.4. The van der Waals surface area contributed by atoms with Gasteiger partial charge in [-0.1, -0.05) is 46.5 Å². The van der Waals surface area contributed by atoms with Crippen LogP contribution in [0.3, 0.4) is 0 Å². The number of amides is 2. The van der Waals surface area contributed by atoms with Crippen LogP contribution in [0.1, 0.15) is 115 Å². The maximum Gasteiger partial charge on any atom is 0.238 e. The monoisotopic (exact) mass is 444 g/mol. The van der Waals surface area contributed by atoms with Gasteiger partial charge >= 0.3 is 0 Å². The van der Waals surface area contributed by atoms with E-state index < -0.39 is 0 Å². The Hall–Kier alpha value is -1.92. The van der Waals surface area contributed by atoms with Crippen molar-refractivity contribution in [2.24, 2.45) is 11.3 Å². The maximum absolute atomic E-state index is 13.0. The van der Waals surface area contributed by atoms with Crippen molar-refractivity contribution >= 4 is 11.8 Å². The van der Waals surface area contributed by atoms with E-state index in [-0.39, 0.29) is 29.2 Å². The molecule has 7 heteroatoms. The summed E-state index contributed by atoms with van der Waals surface area (Å²) in [5, 5.41) is 8.77. The van der Waals surface area contributed by atoms with E-state index in [1.165, 1.54) is 25.7 Å². The molecule has 0 N–H and O–H groups in total. The van der Waals surface area contributed by atoms with E-state index in [1.54, 1.807) is 0 Å². The zero-order valence-corrected chi connectivity index (χ0v) is 20.1. The molecule has 32 heavy (non-hydrogen) atoms. The van der Waals surface area contributed by atoms with Gasteiger partial charge in [0, 0.05) is 37.4 Å². The van der Waals surface area contributed by atoms with Crippen molar-refractivity contribution in [1.29, 1.82) is 0 Å². The largest absolute Gasteiger partial charge is 0.423 e. The highest BCUT2D eigenvalue weighted by Crippen LogP contribution is 2.35. The normalized spacial score (nSPS) is 23.7. The molecule has 0 spiro atoms. The molecule has 178 valence electrons. The summed E-state index contributed by atoms with van der Waals surface area (Å²) in [5.74, 6) is 2.64. The van der Waals surface area contributed by atoms with Crippen molar-refractivity contribution in [2.45, 2.75) is 103 Å². The van der Waals surface area contributed by atoms with Crippen molar-refractivity contribution in [3.63, 3.8) is 0 Å². The topological polar surface area (TPSA) is 79.5 Å². The van der Waals surface area contributed by atoms with Crippen molar-refractivity contribution in [3.8, 4) is 0 Å². The van der Waals surface area contributed by atoms with Gasteiger partial charge in [0.05, 0.1) is 0 Å². The number of aromatic nitrogens is 2. The Morgan fingerprint density at radius 3 is 2.25 bits per heavy atom. The maximum atomic E-state index is 13.0. The van der Waals surface area contributed by atoms with Gasteiger partial charge in [0.15, 0.2) is 0 Å². The summed E-state index contributed by atoms with van der Waals surface area (Å²) in [6.07, 6.45) is 11.6. The molecule has 1 aromatic heterocycles. The van der Waals surface area contributed by atoms with Crippen molar-refractivity contribution in [3.05, 3.63) is 11.8 Å². The van der Waals surface area contributed by atoms with Gasteiger partial charge in [-0.2, -0.15) is 0 Å². The second kappa shape index (κ2) is 9.92. The zero-order chi connectivity index (χ0) is 22.7. The summed E-state index contributed by atoms with van der Waals surface area (Å²) < 4.78 is 6.16. The fourth-order valence-electron chi connectivity index (χ4n) is 5.61. The quantitative estimate of drug-likeness (QED) is 0.649. The molecule has 4 rings (SSSR count). The van der Waals surface area contributed by atoms with Crippen LogP contribution < -0.4 is 0 Å². The van der Waals surface area contributed by atoms with Crippen LogP contribution in [0, 0.1) is 11.3 Å². The van der Waals surface area contributed by atoms with E-state index in [1.807, 2.05) is 30.6 Å². The van der Waals surface area contributed by atoms with Crippen LogP contribution in [0.2, 0.25) is 0 Å². The average Bonchev–Trinajstić information content (AvgIpc) is 3.49. The molecule has 7 nitrogen and oxygen atoms in total. The predicted octanol–water partition coefficient (Wildman–Crippen LogP) is 4.85. The lowest BCUT2D eigenvalue weighted by atomic mass is 9.91. The molecular formula is C25H40N4O3. The molecule has 0 bridgehead atoms. The molecule has 1 aromatic rings. The first-order chi connectivity index (χ1) is 15.3. The number of likely N-dealkylation sites (tertiary alicyclic amines) is 2. The Balaban J connectivity index is 1.35. The van der Waals surface area contributed by atoms with E-state index in [9.17, 15) is 9.59 Å². The highest BCUT2D eigenvalue weighted by Gasteiger charge is 2.35. The third kappa shape index (κ3) is 5.34. The molecular weight excluding hydrogens is 404 g/mol. The first-order valence-corrected chi connectivity index (χ1v) is 12.7. The van der Waals surface area contributed by atoms with Crippen molar-refractivity contribution < 1.29 is 14.0 Å². The van der Waals surface area contributed by atoms with Crippen LogP contribution >= 0.6 is 0 Å². The molecule has 0 unspecified atom stereocenters. The van der Waals surface area contributed by atoms with E-state index in [0.29, 0.717) is 18.2 Å². The molecule has 0 aromatic carbocycles. The number of nitrogens with zero attached hydrogens (tertiary/aromatic N) is 4. The molecule has 3 fully saturated rings. The lowest BCUT2D eigenvalue weighted by Gasteiger charge is -2.35. The van der Waals surface area contributed by atoms with Gasteiger partial charge in [0.25, 0.3) is 0 Å². The minimum atomic E-state index is -0.348. The molecule has 3 aliphatic rings. The Kier molecular flexibility index (Phi) is 7.21. The third-order valence-electron chi connectivity index (χ3n) is 7.58. The van der Waals surface area contributed by atoms with E-state index >= 15 is 0 Å². The van der Waals surface area contributed by atoms with Crippen LogP contribution in [0.15, 0.2) is 4.42 Å². The van der Waals surface area contributed by atoms with Gasteiger partial charge in [-0.25, -0.2) is 0 Å². The zero-order valence-electron chi connectivity index (χ0n) is 20.1. The lowest BCUT2D eigenvalue weighted by molar-refractivity contribution is -0.140. The standard InChI is InChI=1S/C25H40N4O3/c1-25(2,3)24(31)28-16-13-19(14-17-28)22-26-27-23(32-22)20-10-6-7-15-29(20)21(30)12-11-18-8-4-5-9-18/h18-20H,4-17H2,1-3H3/t20-/m1/s1. The predicted molar refractivity (Wildman–Crippen MR) is 122 cm³/mol. The number of carbonyl (C=O) groups excluding carboxylic acids is 2. The summed E-state index contributed by atoms with van der Waals surface area (Å²) in [6, 6.07) is -0.0800. The van der Waals surface area contributed by atoms with E-state index in [4.69, 9.17) is 4.42 Å². The SMILES string of the molecule is CC(C)(C)C(=O)N1CCC(c2nnc([C@H]3CCCCN3C(=O)CCC3CCCC3)o2)CC1. The smallest absolute Gasteiger partial charge is 0.238 e. The summed E-state index contributed by atoms with van der Waals surface area (Å²) in [5.41, 5.74) is -0.348. The van der Waals surface area contributed by atoms with E-state index in [0.717, 1.165) is 64.1 Å². The van der Waals surface area contributed by atoms with E-state index in [2.05, 4.69) is 10.2 Å². The van der Waals surface area contributed by atoms with Gasteiger partial charge in [-0.15, -0.1) is 10.2 Å². The number of hydrogen-bond acceptors (Lipinski definition) is 5. The van der Waals surface area contributed by atoms with Gasteiger partial charge < -0.3 is 14.2 Å². The number of hydrogen-bond donors (Lipinski definition) is 0. The minimum absolute atomic E-state index is 0.0800. The van der Waals surface area contributed by atoms with Gasteiger partial charge in [0.2, 0.25) is 23.6 Å². The molecule has 1 saturated carbocycles. The Labute approximate surface area is 192 Å². The first kappa shape index (κ1) is 23.2. The molecule has 3 heterocycles. The molecule has 2 aliphatic heterocycles. The Bertz CT molecular complexity index is 785. The summed E-state index contributed by atoms with van der Waals surface area (Å²) >= 11 is 0. The van der Waals surface area contributed by atoms with Crippen LogP contribution in [0.25, 0.3) is 0 Å². The van der Waals surface area contributed by atoms with Gasteiger partial charge in [0.1, 0.15) is 6.04 Å². The Morgan fingerprint density at radius 1 is 0.906 bits per heavy atom. The summed E-state index contributed by atoms with van der Waals surface area (Å²) in [6.45, 7) is 8.16. The molecule has 2 saturated heterocycles. The fraction of sp³-hybridized carbons (Fsp3) is 0.840. The molecule has 1 aliphatic carbocycles. The highest BCUT2D eigenvalue weighted by molar-refractivity contribution is 5.81. The second-order valence-electron chi connectivity index (χ2n) is 11.1. The first-order valence-electron chi connectivity index (χ1n) is 12.7. The Morgan fingerprint density at radius 2 is 1.56 bits per heavy atom. The van der Waals surface area contributed by atoms with Crippen molar-refractivity contribution in [1.82, 2.24) is 20.0 Å². The molecule has 2 amide bonds. The number of piperidine rings is 2. The second-order valence-corrected chi connectivity index (χ2v) is 11.1. The van der Waals surface area contributed by atoms with Crippen LogP contribution in [-0.2, 0) is 9.59 Å². The number of carbonyl (C=O) groups is 2. The van der Waals surface area contributed by atoms with Crippen LogP contribution in [0.5, 0.6) is 0 Å². The lowest BCUT2D eigenvalue weighted by Crippen LogP contribution is -2.43. The fourth-order valence-corrected chi connectivity index (χ4v) is 5.61. The van der Waals surface area contributed by atoms with Crippen LogP contribution in [0.4, 0.5) is 0 Å².